The van der Waals surface area contributed by atoms with Gasteiger partial charge in [0.1, 0.15) is 11.4 Å². The van der Waals surface area contributed by atoms with Crippen molar-refractivity contribution in [1.29, 1.82) is 0 Å². The first-order valence-corrected chi connectivity index (χ1v) is 6.24. The van der Waals surface area contributed by atoms with Crippen LogP contribution in [0.5, 0.6) is 0 Å². The van der Waals surface area contributed by atoms with Gasteiger partial charge in [-0.1, -0.05) is 18.2 Å². The van der Waals surface area contributed by atoms with E-state index in [4.69, 9.17) is 4.74 Å². The summed E-state index contributed by atoms with van der Waals surface area (Å²) < 4.78 is 5.10. The van der Waals surface area contributed by atoms with E-state index in [9.17, 15) is 4.79 Å². The number of esters is 1. The van der Waals surface area contributed by atoms with Crippen molar-refractivity contribution >= 4 is 17.5 Å². The van der Waals surface area contributed by atoms with Crippen molar-refractivity contribution in [3.63, 3.8) is 0 Å². The molecule has 4 heteroatoms. The molecule has 0 fully saturated rings. The number of benzene rings is 1. The molecular weight excluding hydrogens is 240 g/mol. The highest BCUT2D eigenvalue weighted by atomic mass is 16.5. The van der Waals surface area contributed by atoms with Crippen molar-refractivity contribution < 1.29 is 9.53 Å². The second-order valence-corrected chi connectivity index (χ2v) is 4.52. The lowest BCUT2D eigenvalue weighted by molar-refractivity contribution is 0.0481. The van der Waals surface area contributed by atoms with Gasteiger partial charge in [0.2, 0.25) is 0 Å². The Morgan fingerprint density at radius 3 is 2.84 bits per heavy atom. The van der Waals surface area contributed by atoms with Crippen LogP contribution in [0, 0.1) is 6.92 Å². The number of carbonyl (C=O) groups is 1. The van der Waals surface area contributed by atoms with E-state index in [2.05, 4.69) is 10.3 Å². The molecule has 2 heterocycles. The number of nitrogens with zero attached hydrogens (tertiary/aromatic N) is 1. The highest BCUT2D eigenvalue weighted by Crippen LogP contribution is 2.26. The Bertz CT molecular complexity index is 624. The zero-order valence-corrected chi connectivity index (χ0v) is 10.6. The van der Waals surface area contributed by atoms with Gasteiger partial charge in [-0.2, -0.15) is 0 Å². The molecule has 0 atom stereocenters. The van der Waals surface area contributed by atoms with Gasteiger partial charge in [0.15, 0.2) is 0 Å². The average molecular weight is 254 g/mol. The predicted octanol–water partition coefficient (Wildman–Crippen LogP) is 2.85. The molecule has 0 radical (unpaired) electrons. The largest absolute Gasteiger partial charge is 0.462 e. The third-order valence-corrected chi connectivity index (χ3v) is 3.07. The Kier molecular flexibility index (Phi) is 2.91. The van der Waals surface area contributed by atoms with Gasteiger partial charge in [-0.3, -0.25) is 0 Å². The molecule has 0 saturated carbocycles. The number of hydrogen-bond acceptors (Lipinski definition) is 4. The minimum Gasteiger partial charge on any atom is -0.462 e. The smallest absolute Gasteiger partial charge is 0.342 e. The van der Waals surface area contributed by atoms with Crippen LogP contribution in [0.15, 0.2) is 36.4 Å². The van der Waals surface area contributed by atoms with Crippen LogP contribution in [0.2, 0.25) is 0 Å². The normalized spacial score (nSPS) is 13.6. The predicted molar refractivity (Wildman–Crippen MR) is 72.7 cm³/mol. The first-order valence-electron chi connectivity index (χ1n) is 6.24. The number of pyridine rings is 1. The van der Waals surface area contributed by atoms with Gasteiger partial charge in [0.25, 0.3) is 0 Å². The minimum absolute atomic E-state index is 0.299. The van der Waals surface area contributed by atoms with Gasteiger partial charge >= 0.3 is 5.97 Å². The van der Waals surface area contributed by atoms with Gasteiger partial charge in [0.05, 0.1) is 6.61 Å². The number of aryl methyl sites for hydroxylation is 1. The summed E-state index contributed by atoms with van der Waals surface area (Å²) in [4.78, 5) is 16.3. The number of fused-ring (bicyclic) bond motifs is 1. The summed E-state index contributed by atoms with van der Waals surface area (Å²) >= 11 is 0. The molecule has 4 nitrogen and oxygen atoms in total. The van der Waals surface area contributed by atoms with Gasteiger partial charge in [-0.15, -0.1) is 0 Å². The molecule has 2 aromatic rings. The molecule has 1 aromatic carbocycles. The van der Waals surface area contributed by atoms with Gasteiger partial charge in [0, 0.05) is 17.8 Å². The first kappa shape index (κ1) is 11.7. The average Bonchev–Trinajstić information content (AvgIpc) is 2.39. The zero-order chi connectivity index (χ0) is 13.2. The fraction of sp³-hybridized carbons (Fsp3) is 0.200. The topological polar surface area (TPSA) is 51.2 Å². The fourth-order valence-electron chi connectivity index (χ4n) is 2.24. The molecule has 1 aliphatic rings. The number of rotatable bonds is 2. The molecule has 0 aliphatic carbocycles. The summed E-state index contributed by atoms with van der Waals surface area (Å²) in [7, 11) is 0. The van der Waals surface area contributed by atoms with Crippen LogP contribution in [-0.4, -0.2) is 17.6 Å². The van der Waals surface area contributed by atoms with Crippen LogP contribution >= 0.6 is 0 Å². The Hall–Kier alpha value is -2.36. The van der Waals surface area contributed by atoms with E-state index in [0.29, 0.717) is 18.0 Å². The first-order chi connectivity index (χ1) is 9.24. The third kappa shape index (κ3) is 2.29. The van der Waals surface area contributed by atoms with E-state index in [0.717, 1.165) is 23.4 Å². The monoisotopic (exact) mass is 254 g/mol. The fourth-order valence-corrected chi connectivity index (χ4v) is 2.24. The molecule has 1 N–H and O–H groups in total. The lowest BCUT2D eigenvalue weighted by atomic mass is 10.0. The number of para-hydroxylation sites is 1. The second kappa shape index (κ2) is 4.72. The van der Waals surface area contributed by atoms with Crippen molar-refractivity contribution in [2.75, 3.05) is 11.9 Å². The van der Waals surface area contributed by atoms with Crippen LogP contribution in [0.1, 0.15) is 21.6 Å². The highest BCUT2D eigenvalue weighted by Gasteiger charge is 2.24. The van der Waals surface area contributed by atoms with E-state index in [1.165, 1.54) is 0 Å². The summed E-state index contributed by atoms with van der Waals surface area (Å²) in [5, 5.41) is 3.19. The van der Waals surface area contributed by atoms with E-state index in [1.54, 1.807) is 0 Å². The lowest BCUT2D eigenvalue weighted by Gasteiger charge is -2.19. The number of aromatic nitrogens is 1. The molecular formula is C15H14N2O2. The van der Waals surface area contributed by atoms with E-state index in [1.807, 2.05) is 43.3 Å². The summed E-state index contributed by atoms with van der Waals surface area (Å²) in [6.45, 7) is 2.37. The number of cyclic esters (lactones) is 1. The Morgan fingerprint density at radius 1 is 1.26 bits per heavy atom. The van der Waals surface area contributed by atoms with Crippen molar-refractivity contribution in [3.05, 3.63) is 53.2 Å². The summed E-state index contributed by atoms with van der Waals surface area (Å²) in [6.07, 6.45) is 0.744. The molecule has 0 unspecified atom stereocenters. The van der Waals surface area contributed by atoms with Crippen LogP contribution in [0.3, 0.4) is 0 Å². The van der Waals surface area contributed by atoms with Crippen molar-refractivity contribution in [2.24, 2.45) is 0 Å². The molecule has 1 aromatic heterocycles. The maximum absolute atomic E-state index is 11.9. The number of hydrogen-bond donors (Lipinski definition) is 1. The zero-order valence-electron chi connectivity index (χ0n) is 10.6. The quantitative estimate of drug-likeness (QED) is 0.837. The van der Waals surface area contributed by atoms with E-state index >= 15 is 0 Å². The van der Waals surface area contributed by atoms with Crippen molar-refractivity contribution in [3.8, 4) is 0 Å². The second-order valence-electron chi connectivity index (χ2n) is 4.52. The number of carbonyl (C=O) groups excluding carboxylic acids is 1. The Balaban J connectivity index is 2.05. The Morgan fingerprint density at radius 2 is 2.05 bits per heavy atom. The summed E-state index contributed by atoms with van der Waals surface area (Å²) in [5.41, 5.74) is 3.36. The maximum Gasteiger partial charge on any atom is 0.342 e. The SMILES string of the molecule is Cc1cc2c(c(Nc3ccccc3)n1)C(=O)OCC2. The molecule has 0 amide bonds. The van der Waals surface area contributed by atoms with E-state index < -0.39 is 0 Å². The molecule has 0 bridgehead atoms. The van der Waals surface area contributed by atoms with E-state index in [-0.39, 0.29) is 5.97 Å². The van der Waals surface area contributed by atoms with Crippen LogP contribution < -0.4 is 5.32 Å². The molecule has 0 spiro atoms. The molecule has 1 aliphatic heterocycles. The molecule has 96 valence electrons. The van der Waals surface area contributed by atoms with Crippen molar-refractivity contribution in [1.82, 2.24) is 4.98 Å². The summed E-state index contributed by atoms with van der Waals surface area (Å²) in [5.74, 6) is 0.276. The van der Waals surface area contributed by atoms with Gasteiger partial charge < -0.3 is 10.1 Å². The molecule has 19 heavy (non-hydrogen) atoms. The molecule has 0 saturated heterocycles. The number of anilines is 2. The van der Waals surface area contributed by atoms with Crippen LogP contribution in [0.25, 0.3) is 0 Å². The van der Waals surface area contributed by atoms with Crippen LogP contribution in [0.4, 0.5) is 11.5 Å². The van der Waals surface area contributed by atoms with Gasteiger partial charge in [-0.05, 0) is 30.7 Å². The Labute approximate surface area is 111 Å². The lowest BCUT2D eigenvalue weighted by Crippen LogP contribution is -2.20. The van der Waals surface area contributed by atoms with Gasteiger partial charge in [-0.25, -0.2) is 9.78 Å². The number of ether oxygens (including phenoxy) is 1. The molecule has 3 rings (SSSR count). The highest BCUT2D eigenvalue weighted by molar-refractivity contribution is 5.97. The summed E-state index contributed by atoms with van der Waals surface area (Å²) in [6, 6.07) is 11.6. The van der Waals surface area contributed by atoms with Crippen LogP contribution in [-0.2, 0) is 11.2 Å². The third-order valence-electron chi connectivity index (χ3n) is 3.07. The number of nitrogens with one attached hydrogen (secondary N) is 1. The minimum atomic E-state index is -0.299. The standard InChI is InChI=1S/C15H14N2O2/c1-10-9-11-7-8-19-15(18)13(11)14(16-10)17-12-5-3-2-4-6-12/h2-6,9H,7-8H2,1H3,(H,16,17). The van der Waals surface area contributed by atoms with Crippen molar-refractivity contribution in [2.45, 2.75) is 13.3 Å². The maximum atomic E-state index is 11.9.